The molecule has 6 nitrogen and oxygen atoms in total. The Morgan fingerprint density at radius 3 is 2.44 bits per heavy atom. The maximum Gasteiger partial charge on any atom is 0.193 e. The summed E-state index contributed by atoms with van der Waals surface area (Å²) in [5.74, 6) is -1.52. The SMILES string of the molecule is COCOc1c(C)c(O)c(C(=O)/C=C/c2ccc(O)c(F)c2)c(OC)c1C. The fourth-order valence-corrected chi connectivity index (χ4v) is 2.67. The summed E-state index contributed by atoms with van der Waals surface area (Å²) in [5, 5.41) is 19.7. The molecule has 0 aliphatic heterocycles. The van der Waals surface area contributed by atoms with Gasteiger partial charge in [-0.25, -0.2) is 4.39 Å². The lowest BCUT2D eigenvalue weighted by Gasteiger charge is -2.18. The van der Waals surface area contributed by atoms with Crippen LogP contribution in [0.25, 0.3) is 6.08 Å². The molecule has 0 unspecified atom stereocenters. The van der Waals surface area contributed by atoms with E-state index in [1.807, 2.05) is 0 Å². The molecule has 0 saturated heterocycles. The number of phenols is 2. The number of ether oxygens (including phenoxy) is 3. The van der Waals surface area contributed by atoms with Crippen LogP contribution in [-0.2, 0) is 4.74 Å². The molecular weight excluding hydrogens is 355 g/mol. The first-order chi connectivity index (χ1) is 12.8. The fourth-order valence-electron chi connectivity index (χ4n) is 2.67. The topological polar surface area (TPSA) is 85.2 Å². The van der Waals surface area contributed by atoms with Gasteiger partial charge in [0.1, 0.15) is 22.8 Å². The molecule has 2 aromatic rings. The number of aromatic hydroxyl groups is 2. The van der Waals surface area contributed by atoms with Gasteiger partial charge in [-0.1, -0.05) is 12.1 Å². The minimum absolute atomic E-state index is 0.0206. The molecule has 0 bridgehead atoms. The van der Waals surface area contributed by atoms with Crippen LogP contribution in [0.15, 0.2) is 24.3 Å². The zero-order valence-corrected chi connectivity index (χ0v) is 15.5. The average molecular weight is 376 g/mol. The van der Waals surface area contributed by atoms with E-state index in [9.17, 15) is 19.4 Å². The van der Waals surface area contributed by atoms with Gasteiger partial charge in [0.15, 0.2) is 24.1 Å². The number of halogens is 1. The predicted octanol–water partition coefficient (Wildman–Crippen LogP) is 3.74. The lowest BCUT2D eigenvalue weighted by Crippen LogP contribution is -2.08. The maximum absolute atomic E-state index is 13.4. The predicted molar refractivity (Wildman–Crippen MR) is 98.1 cm³/mol. The zero-order chi connectivity index (χ0) is 20.1. The van der Waals surface area contributed by atoms with E-state index >= 15 is 0 Å². The molecule has 2 aromatic carbocycles. The summed E-state index contributed by atoms with van der Waals surface area (Å²) in [6.45, 7) is 3.29. The molecule has 0 aromatic heterocycles. The van der Waals surface area contributed by atoms with Gasteiger partial charge < -0.3 is 24.4 Å². The van der Waals surface area contributed by atoms with E-state index in [-0.39, 0.29) is 23.9 Å². The van der Waals surface area contributed by atoms with Crippen LogP contribution in [0.5, 0.6) is 23.0 Å². The molecule has 7 heteroatoms. The number of ketones is 1. The maximum atomic E-state index is 13.4. The Hall–Kier alpha value is -3.06. The van der Waals surface area contributed by atoms with Crippen LogP contribution in [0.4, 0.5) is 4.39 Å². The third kappa shape index (κ3) is 4.20. The molecule has 2 rings (SSSR count). The average Bonchev–Trinajstić information content (AvgIpc) is 2.65. The number of phenolic OH excluding ortho intramolecular Hbond substituents is 2. The minimum atomic E-state index is -0.795. The first-order valence-electron chi connectivity index (χ1n) is 8.04. The quantitative estimate of drug-likeness (QED) is 0.435. The van der Waals surface area contributed by atoms with Crippen LogP contribution in [0.1, 0.15) is 27.0 Å². The Bertz CT molecular complexity index is 889. The van der Waals surface area contributed by atoms with Gasteiger partial charge in [0.25, 0.3) is 0 Å². The molecule has 0 aliphatic carbocycles. The van der Waals surface area contributed by atoms with E-state index in [0.29, 0.717) is 22.4 Å². The number of carbonyl (C=O) groups is 1. The number of carbonyl (C=O) groups excluding carboxylic acids is 1. The highest BCUT2D eigenvalue weighted by atomic mass is 19.1. The summed E-state index contributed by atoms with van der Waals surface area (Å²) in [7, 11) is 2.85. The van der Waals surface area contributed by atoms with Crippen LogP contribution in [0, 0.1) is 19.7 Å². The standard InChI is InChI=1S/C20H21FO6/c1-11-18(24)17(20(26-4)12(2)19(11)27-10-25-3)16(23)8-6-13-5-7-15(22)14(21)9-13/h5-9,22,24H,10H2,1-4H3/b8-6+. The first kappa shape index (κ1) is 20.3. The summed E-state index contributed by atoms with van der Waals surface area (Å²) in [4.78, 5) is 12.7. The molecule has 0 radical (unpaired) electrons. The second kappa shape index (κ2) is 8.55. The number of benzene rings is 2. The van der Waals surface area contributed by atoms with Gasteiger partial charge in [-0.3, -0.25) is 4.79 Å². The number of hydrogen-bond acceptors (Lipinski definition) is 6. The number of allylic oxidation sites excluding steroid dienone is 1. The molecule has 0 spiro atoms. The smallest absolute Gasteiger partial charge is 0.193 e. The highest BCUT2D eigenvalue weighted by molar-refractivity contribution is 6.11. The Morgan fingerprint density at radius 1 is 1.15 bits per heavy atom. The van der Waals surface area contributed by atoms with Crippen molar-refractivity contribution in [1.82, 2.24) is 0 Å². The zero-order valence-electron chi connectivity index (χ0n) is 15.5. The molecule has 0 heterocycles. The van der Waals surface area contributed by atoms with Crippen molar-refractivity contribution in [2.75, 3.05) is 21.0 Å². The normalized spacial score (nSPS) is 11.0. The summed E-state index contributed by atoms with van der Waals surface area (Å²) in [6, 6.07) is 3.74. The second-order valence-corrected chi connectivity index (χ2v) is 5.80. The molecule has 0 saturated carbocycles. The third-order valence-electron chi connectivity index (χ3n) is 4.01. The first-order valence-corrected chi connectivity index (χ1v) is 8.04. The number of methoxy groups -OCH3 is 2. The molecular formula is C20H21FO6. The molecule has 144 valence electrons. The lowest BCUT2D eigenvalue weighted by molar-refractivity contribution is 0.0497. The molecule has 27 heavy (non-hydrogen) atoms. The van der Waals surface area contributed by atoms with Gasteiger partial charge >= 0.3 is 0 Å². The van der Waals surface area contributed by atoms with Crippen molar-refractivity contribution in [3.8, 4) is 23.0 Å². The van der Waals surface area contributed by atoms with Gasteiger partial charge in [0.05, 0.1) is 7.11 Å². The highest BCUT2D eigenvalue weighted by Gasteiger charge is 2.24. The Morgan fingerprint density at radius 2 is 1.85 bits per heavy atom. The van der Waals surface area contributed by atoms with Gasteiger partial charge in [0, 0.05) is 18.2 Å². The molecule has 0 amide bonds. The summed E-state index contributed by atoms with van der Waals surface area (Å²) < 4.78 is 29.1. The monoisotopic (exact) mass is 376 g/mol. The van der Waals surface area contributed by atoms with Crippen LogP contribution in [0.2, 0.25) is 0 Å². The third-order valence-corrected chi connectivity index (χ3v) is 4.01. The minimum Gasteiger partial charge on any atom is -0.507 e. The van der Waals surface area contributed by atoms with Crippen LogP contribution in [-0.4, -0.2) is 37.0 Å². The van der Waals surface area contributed by atoms with Gasteiger partial charge in [-0.05, 0) is 37.6 Å². The van der Waals surface area contributed by atoms with Gasteiger partial charge in [-0.15, -0.1) is 0 Å². The van der Waals surface area contributed by atoms with E-state index in [4.69, 9.17) is 14.2 Å². The van der Waals surface area contributed by atoms with Crippen molar-refractivity contribution in [3.05, 3.63) is 52.3 Å². The van der Waals surface area contributed by atoms with Crippen molar-refractivity contribution in [2.24, 2.45) is 0 Å². The van der Waals surface area contributed by atoms with E-state index in [1.54, 1.807) is 13.8 Å². The number of hydrogen-bond donors (Lipinski definition) is 2. The van der Waals surface area contributed by atoms with Crippen molar-refractivity contribution >= 4 is 11.9 Å². The summed E-state index contributed by atoms with van der Waals surface area (Å²) in [5.41, 5.74) is 1.27. The van der Waals surface area contributed by atoms with Crippen molar-refractivity contribution in [3.63, 3.8) is 0 Å². The highest BCUT2D eigenvalue weighted by Crippen LogP contribution is 2.42. The second-order valence-electron chi connectivity index (χ2n) is 5.80. The Labute approximate surface area is 156 Å². The lowest BCUT2D eigenvalue weighted by atomic mass is 9.98. The summed E-state index contributed by atoms with van der Waals surface area (Å²) >= 11 is 0. The number of rotatable bonds is 7. The Balaban J connectivity index is 2.45. The van der Waals surface area contributed by atoms with E-state index in [2.05, 4.69) is 0 Å². The molecule has 0 fully saturated rings. The fraction of sp³-hybridized carbons (Fsp3) is 0.250. The van der Waals surface area contributed by atoms with E-state index in [1.165, 1.54) is 38.5 Å². The van der Waals surface area contributed by atoms with E-state index in [0.717, 1.165) is 6.07 Å². The van der Waals surface area contributed by atoms with E-state index < -0.39 is 17.3 Å². The molecule has 2 N–H and O–H groups in total. The van der Waals surface area contributed by atoms with Crippen LogP contribution >= 0.6 is 0 Å². The van der Waals surface area contributed by atoms with Gasteiger partial charge in [0.2, 0.25) is 0 Å². The van der Waals surface area contributed by atoms with Crippen molar-refractivity contribution in [2.45, 2.75) is 13.8 Å². The Kier molecular flexibility index (Phi) is 6.41. The van der Waals surface area contributed by atoms with Crippen molar-refractivity contribution < 1.29 is 33.6 Å². The largest absolute Gasteiger partial charge is 0.507 e. The van der Waals surface area contributed by atoms with Crippen LogP contribution in [0.3, 0.4) is 0 Å². The van der Waals surface area contributed by atoms with Crippen molar-refractivity contribution in [1.29, 1.82) is 0 Å². The van der Waals surface area contributed by atoms with Gasteiger partial charge in [-0.2, -0.15) is 0 Å². The molecule has 0 aliphatic rings. The molecule has 0 atom stereocenters. The summed E-state index contributed by atoms with van der Waals surface area (Å²) in [6.07, 6.45) is 2.57. The van der Waals surface area contributed by atoms with Crippen LogP contribution < -0.4 is 9.47 Å².